The van der Waals surface area contributed by atoms with Crippen LogP contribution in [0.2, 0.25) is 0 Å². The van der Waals surface area contributed by atoms with E-state index < -0.39 is 6.79 Å². The molecule has 0 saturated heterocycles. The van der Waals surface area contributed by atoms with Gasteiger partial charge in [-0.1, -0.05) is 0 Å². The van der Waals surface area contributed by atoms with Crippen molar-refractivity contribution in [3.63, 3.8) is 0 Å². The molecule has 54 valence electrons. The molecule has 0 aromatic rings. The minimum atomic E-state index is -0.508. The Balaban J connectivity index is 3.27. The highest BCUT2D eigenvalue weighted by molar-refractivity contribution is 5.62. The van der Waals surface area contributed by atoms with Gasteiger partial charge in [0, 0.05) is 0 Å². The Morgan fingerprint density at radius 2 is 2.22 bits per heavy atom. The molecule has 0 aliphatic heterocycles. The van der Waals surface area contributed by atoms with Gasteiger partial charge >= 0.3 is 6.08 Å². The molecular formula is C5H11NO3. The van der Waals surface area contributed by atoms with Crippen LogP contribution in [0.5, 0.6) is 0 Å². The average Bonchev–Trinajstić information content (AvgIpc) is 1.63. The summed E-state index contributed by atoms with van der Waals surface area (Å²) < 4.78 is 8.96. The smallest absolute Gasteiger partial charge is 0.382 e. The molecule has 0 aromatic heterocycles. The van der Waals surface area contributed by atoms with Gasteiger partial charge < -0.3 is 14.6 Å². The lowest BCUT2D eigenvalue weighted by atomic mass is 10.5. The van der Waals surface area contributed by atoms with E-state index in [1.165, 1.54) is 0 Å². The van der Waals surface area contributed by atoms with Crippen LogP contribution < -0.4 is 0 Å². The SMILES string of the molecule is CC(C)OC(=N)OCO. The van der Waals surface area contributed by atoms with Crippen molar-refractivity contribution in [2.24, 2.45) is 0 Å². The number of hydrogen-bond acceptors (Lipinski definition) is 4. The van der Waals surface area contributed by atoms with Crippen LogP contribution in [-0.2, 0) is 9.47 Å². The Hall–Kier alpha value is -0.770. The van der Waals surface area contributed by atoms with E-state index >= 15 is 0 Å². The summed E-state index contributed by atoms with van der Waals surface area (Å²) >= 11 is 0. The Kier molecular flexibility index (Phi) is 3.79. The van der Waals surface area contributed by atoms with Crippen molar-refractivity contribution in [1.82, 2.24) is 0 Å². The maximum absolute atomic E-state index is 8.11. The molecule has 0 aliphatic rings. The van der Waals surface area contributed by atoms with E-state index in [9.17, 15) is 0 Å². The van der Waals surface area contributed by atoms with Crippen molar-refractivity contribution >= 4 is 6.08 Å². The van der Waals surface area contributed by atoms with Gasteiger partial charge in [-0.25, -0.2) is 5.41 Å². The van der Waals surface area contributed by atoms with E-state index in [1.807, 2.05) is 0 Å². The van der Waals surface area contributed by atoms with Crippen molar-refractivity contribution in [1.29, 1.82) is 5.41 Å². The Labute approximate surface area is 53.9 Å². The third-order valence-corrected chi connectivity index (χ3v) is 0.538. The lowest BCUT2D eigenvalue weighted by Crippen LogP contribution is -2.14. The Bertz CT molecular complexity index is 92.2. The second kappa shape index (κ2) is 4.14. The number of aliphatic hydroxyl groups is 1. The van der Waals surface area contributed by atoms with Crippen LogP contribution in [0.4, 0.5) is 0 Å². The first kappa shape index (κ1) is 8.23. The van der Waals surface area contributed by atoms with E-state index in [4.69, 9.17) is 15.3 Å². The molecule has 0 aromatic carbocycles. The van der Waals surface area contributed by atoms with Crippen molar-refractivity contribution in [3.05, 3.63) is 0 Å². The molecule has 0 atom stereocenters. The van der Waals surface area contributed by atoms with Gasteiger partial charge in [0.15, 0.2) is 6.79 Å². The van der Waals surface area contributed by atoms with Crippen molar-refractivity contribution < 1.29 is 14.6 Å². The number of nitrogens with one attached hydrogen (secondary N) is 1. The highest BCUT2D eigenvalue weighted by atomic mass is 16.7. The van der Waals surface area contributed by atoms with Gasteiger partial charge in [0.05, 0.1) is 6.10 Å². The van der Waals surface area contributed by atoms with Crippen LogP contribution in [0, 0.1) is 5.41 Å². The number of hydrogen-bond donors (Lipinski definition) is 2. The molecule has 0 heterocycles. The largest absolute Gasteiger partial charge is 0.448 e. The van der Waals surface area contributed by atoms with Crippen LogP contribution >= 0.6 is 0 Å². The number of rotatable bonds is 2. The van der Waals surface area contributed by atoms with Crippen LogP contribution in [-0.4, -0.2) is 24.1 Å². The quantitative estimate of drug-likeness (QED) is 0.324. The summed E-state index contributed by atoms with van der Waals surface area (Å²) in [5.41, 5.74) is 0. The molecule has 0 aliphatic carbocycles. The third kappa shape index (κ3) is 5.10. The highest BCUT2D eigenvalue weighted by Crippen LogP contribution is 1.89. The summed E-state index contributed by atoms with van der Waals surface area (Å²) in [5, 5.41) is 14.9. The highest BCUT2D eigenvalue weighted by Gasteiger charge is 1.98. The Morgan fingerprint density at radius 3 is 2.56 bits per heavy atom. The van der Waals surface area contributed by atoms with E-state index in [2.05, 4.69) is 4.74 Å². The summed E-state index contributed by atoms with van der Waals surface area (Å²) in [6, 6.07) is 0. The standard InChI is InChI=1S/C5H11NO3/c1-4(2)9-5(6)8-3-7/h4,6-7H,3H2,1-2H3. The van der Waals surface area contributed by atoms with Gasteiger partial charge in [-0.15, -0.1) is 0 Å². The molecular weight excluding hydrogens is 122 g/mol. The molecule has 0 unspecified atom stereocenters. The molecule has 2 N–H and O–H groups in total. The second-order valence-electron chi connectivity index (χ2n) is 1.73. The van der Waals surface area contributed by atoms with E-state index in [1.54, 1.807) is 13.8 Å². The predicted octanol–water partition coefficient (Wildman–Crippen LogP) is 0.313. The van der Waals surface area contributed by atoms with Crippen molar-refractivity contribution in [3.8, 4) is 0 Å². The normalized spacial score (nSPS) is 9.33. The summed E-state index contributed by atoms with van der Waals surface area (Å²) in [5.74, 6) is 0. The summed E-state index contributed by atoms with van der Waals surface area (Å²) in [7, 11) is 0. The monoisotopic (exact) mass is 133 g/mol. The van der Waals surface area contributed by atoms with Gasteiger partial charge in [-0.3, -0.25) is 0 Å². The van der Waals surface area contributed by atoms with Crippen LogP contribution in [0.1, 0.15) is 13.8 Å². The molecule has 4 nitrogen and oxygen atoms in total. The minimum absolute atomic E-state index is 0.0796. The molecule has 0 saturated carbocycles. The maximum Gasteiger partial charge on any atom is 0.382 e. The molecule has 9 heavy (non-hydrogen) atoms. The molecule has 0 radical (unpaired) electrons. The van der Waals surface area contributed by atoms with Gasteiger partial charge in [-0.2, -0.15) is 0 Å². The summed E-state index contributed by atoms with van der Waals surface area (Å²) in [6.07, 6.45) is -0.420. The molecule has 4 heteroatoms. The zero-order chi connectivity index (χ0) is 7.28. The lowest BCUT2D eigenvalue weighted by Gasteiger charge is -2.08. The number of aliphatic hydroxyl groups excluding tert-OH is 1. The van der Waals surface area contributed by atoms with Crippen molar-refractivity contribution in [2.45, 2.75) is 20.0 Å². The fourth-order valence-electron chi connectivity index (χ4n) is 0.307. The molecule has 0 fully saturated rings. The topological polar surface area (TPSA) is 62.5 Å². The first-order valence-electron chi connectivity index (χ1n) is 2.65. The van der Waals surface area contributed by atoms with Gasteiger partial charge in [0.2, 0.25) is 0 Å². The molecule has 0 rings (SSSR count). The maximum atomic E-state index is 8.11. The fourth-order valence-corrected chi connectivity index (χ4v) is 0.307. The van der Waals surface area contributed by atoms with Crippen LogP contribution in [0.25, 0.3) is 0 Å². The predicted molar refractivity (Wildman–Crippen MR) is 32.1 cm³/mol. The van der Waals surface area contributed by atoms with Gasteiger partial charge in [0.25, 0.3) is 0 Å². The average molecular weight is 133 g/mol. The van der Waals surface area contributed by atoms with Gasteiger partial charge in [0.1, 0.15) is 0 Å². The van der Waals surface area contributed by atoms with Crippen molar-refractivity contribution in [2.75, 3.05) is 6.79 Å². The lowest BCUT2D eigenvalue weighted by molar-refractivity contribution is 0.0356. The number of ether oxygens (including phenoxy) is 2. The molecule has 0 bridgehead atoms. The second-order valence-corrected chi connectivity index (χ2v) is 1.73. The van der Waals surface area contributed by atoms with E-state index in [-0.39, 0.29) is 12.2 Å². The first-order valence-corrected chi connectivity index (χ1v) is 2.65. The third-order valence-electron chi connectivity index (χ3n) is 0.538. The molecule has 0 spiro atoms. The fraction of sp³-hybridized carbons (Fsp3) is 0.800. The summed E-state index contributed by atoms with van der Waals surface area (Å²) in [4.78, 5) is 0. The molecule has 0 amide bonds. The van der Waals surface area contributed by atoms with Crippen LogP contribution in [0.3, 0.4) is 0 Å². The Morgan fingerprint density at radius 1 is 1.67 bits per heavy atom. The van der Waals surface area contributed by atoms with Gasteiger partial charge in [-0.05, 0) is 13.8 Å². The zero-order valence-corrected chi connectivity index (χ0v) is 5.55. The van der Waals surface area contributed by atoms with E-state index in [0.717, 1.165) is 0 Å². The van der Waals surface area contributed by atoms with E-state index in [0.29, 0.717) is 0 Å². The minimum Gasteiger partial charge on any atom is -0.448 e. The zero-order valence-electron chi connectivity index (χ0n) is 5.55. The van der Waals surface area contributed by atoms with Crippen LogP contribution in [0.15, 0.2) is 0 Å². The summed E-state index contributed by atoms with van der Waals surface area (Å²) in [6.45, 7) is 3.04. The first-order chi connectivity index (χ1) is 4.16.